The van der Waals surface area contributed by atoms with Crippen molar-refractivity contribution in [1.29, 1.82) is 0 Å². The molecule has 2 heterocycles. The molecule has 1 aromatic heterocycles. The number of hydrogen-bond donors (Lipinski definition) is 1. The lowest BCUT2D eigenvalue weighted by molar-refractivity contribution is -0.122. The lowest BCUT2D eigenvalue weighted by Gasteiger charge is -2.31. The van der Waals surface area contributed by atoms with Crippen LogP contribution in [0.2, 0.25) is 0 Å². The topological polar surface area (TPSA) is 80.5 Å². The number of ether oxygens (including phenoxy) is 1. The van der Waals surface area contributed by atoms with Gasteiger partial charge in [-0.25, -0.2) is 0 Å². The van der Waals surface area contributed by atoms with Crippen molar-refractivity contribution in [2.24, 2.45) is 0 Å². The van der Waals surface area contributed by atoms with Gasteiger partial charge in [0, 0.05) is 7.11 Å². The summed E-state index contributed by atoms with van der Waals surface area (Å²) in [5, 5.41) is 6.64. The predicted octanol–water partition coefficient (Wildman–Crippen LogP) is 1.71. The molecule has 0 atom stereocenters. The van der Waals surface area contributed by atoms with Crippen LogP contribution < -0.4 is 5.32 Å². The number of benzene rings is 1. The Morgan fingerprint density at radius 3 is 2.80 bits per heavy atom. The first-order valence-electron chi connectivity index (χ1n) is 8.59. The Kier molecular flexibility index (Phi) is 6.14. The molecule has 1 aliphatic heterocycles. The van der Waals surface area contributed by atoms with E-state index >= 15 is 0 Å². The maximum Gasteiger partial charge on any atom is 0.252 e. The summed E-state index contributed by atoms with van der Waals surface area (Å²) in [5.74, 6) is 1.45. The van der Waals surface area contributed by atoms with E-state index < -0.39 is 0 Å². The molecule has 0 unspecified atom stereocenters. The van der Waals surface area contributed by atoms with Crippen molar-refractivity contribution >= 4 is 5.91 Å². The Balaban J connectivity index is 1.39. The van der Waals surface area contributed by atoms with Crippen molar-refractivity contribution in [2.75, 3.05) is 26.7 Å². The van der Waals surface area contributed by atoms with Crippen LogP contribution in [0.1, 0.15) is 36.0 Å². The van der Waals surface area contributed by atoms with Gasteiger partial charge in [-0.15, -0.1) is 0 Å². The number of nitrogens with zero attached hydrogens (tertiary/aromatic N) is 3. The summed E-state index contributed by atoms with van der Waals surface area (Å²) in [6.45, 7) is 2.83. The minimum Gasteiger partial charge on any atom is -0.375 e. The van der Waals surface area contributed by atoms with Gasteiger partial charge in [0.1, 0.15) is 6.61 Å². The molecule has 0 bridgehead atoms. The van der Waals surface area contributed by atoms with E-state index in [0.717, 1.165) is 25.9 Å². The van der Waals surface area contributed by atoms with Gasteiger partial charge < -0.3 is 14.6 Å². The van der Waals surface area contributed by atoms with Crippen molar-refractivity contribution in [3.05, 3.63) is 47.6 Å². The number of likely N-dealkylation sites (tertiary alicyclic amines) is 1. The summed E-state index contributed by atoms with van der Waals surface area (Å²) in [5.41, 5.74) is 1.40. The van der Waals surface area contributed by atoms with Crippen LogP contribution in [-0.4, -0.2) is 47.7 Å². The van der Waals surface area contributed by atoms with Gasteiger partial charge in [0.15, 0.2) is 5.82 Å². The minimum atomic E-state index is -0.0174. The molecule has 0 spiro atoms. The zero-order chi connectivity index (χ0) is 17.5. The highest BCUT2D eigenvalue weighted by atomic mass is 16.5. The third-order valence-electron chi connectivity index (χ3n) is 4.45. The third-order valence-corrected chi connectivity index (χ3v) is 4.45. The Bertz CT molecular complexity index is 666. The van der Waals surface area contributed by atoms with Crippen molar-refractivity contribution in [2.45, 2.75) is 31.9 Å². The second kappa shape index (κ2) is 8.73. The van der Waals surface area contributed by atoms with Gasteiger partial charge in [0.25, 0.3) is 5.89 Å². The monoisotopic (exact) mass is 344 g/mol. The van der Waals surface area contributed by atoms with E-state index in [9.17, 15) is 4.79 Å². The highest BCUT2D eigenvalue weighted by Gasteiger charge is 2.21. The number of amides is 1. The SMILES string of the molecule is COCc1nc(CNC(=O)CN2CCC(c3ccccc3)CC2)no1. The fourth-order valence-electron chi connectivity index (χ4n) is 3.13. The Labute approximate surface area is 147 Å². The highest BCUT2D eigenvalue weighted by Crippen LogP contribution is 2.27. The van der Waals surface area contributed by atoms with Crippen molar-refractivity contribution in [1.82, 2.24) is 20.4 Å². The van der Waals surface area contributed by atoms with Crippen molar-refractivity contribution < 1.29 is 14.1 Å². The number of piperidine rings is 1. The summed E-state index contributed by atoms with van der Waals surface area (Å²) in [6, 6.07) is 10.6. The summed E-state index contributed by atoms with van der Waals surface area (Å²) in [7, 11) is 1.56. The molecule has 1 aliphatic rings. The van der Waals surface area contributed by atoms with Gasteiger partial charge in [-0.3, -0.25) is 9.69 Å². The number of nitrogens with one attached hydrogen (secondary N) is 1. The number of rotatable bonds is 7. The smallest absolute Gasteiger partial charge is 0.252 e. The maximum absolute atomic E-state index is 12.1. The molecule has 134 valence electrons. The lowest BCUT2D eigenvalue weighted by Crippen LogP contribution is -2.41. The van der Waals surface area contributed by atoms with E-state index in [1.807, 2.05) is 6.07 Å². The number of carbonyl (C=O) groups is 1. The normalized spacial score (nSPS) is 16.0. The molecule has 0 aliphatic carbocycles. The van der Waals surface area contributed by atoms with Crippen LogP contribution in [-0.2, 0) is 22.7 Å². The number of hydrogen-bond acceptors (Lipinski definition) is 6. The third kappa shape index (κ3) is 5.11. The molecular formula is C18H24N4O3. The first-order chi connectivity index (χ1) is 12.2. The van der Waals surface area contributed by atoms with Crippen LogP contribution in [0.25, 0.3) is 0 Å². The number of carbonyl (C=O) groups excluding carboxylic acids is 1. The van der Waals surface area contributed by atoms with Crippen molar-refractivity contribution in [3.63, 3.8) is 0 Å². The van der Waals surface area contributed by atoms with E-state index in [1.54, 1.807) is 7.11 Å². The second-order valence-corrected chi connectivity index (χ2v) is 6.28. The average molecular weight is 344 g/mol. The fourth-order valence-corrected chi connectivity index (χ4v) is 3.13. The summed E-state index contributed by atoms with van der Waals surface area (Å²) < 4.78 is 9.91. The Morgan fingerprint density at radius 1 is 1.32 bits per heavy atom. The minimum absolute atomic E-state index is 0.0174. The predicted molar refractivity (Wildman–Crippen MR) is 91.7 cm³/mol. The molecule has 7 nitrogen and oxygen atoms in total. The summed E-state index contributed by atoms with van der Waals surface area (Å²) in [6.07, 6.45) is 2.17. The molecule has 3 rings (SSSR count). The average Bonchev–Trinajstić information content (AvgIpc) is 3.09. The zero-order valence-corrected chi connectivity index (χ0v) is 14.5. The highest BCUT2D eigenvalue weighted by molar-refractivity contribution is 5.77. The van der Waals surface area contributed by atoms with E-state index in [-0.39, 0.29) is 19.1 Å². The first-order valence-corrected chi connectivity index (χ1v) is 8.59. The van der Waals surface area contributed by atoms with Gasteiger partial charge in [-0.05, 0) is 37.4 Å². The standard InChI is InChI=1S/C18H24N4O3/c1-24-13-18-20-16(21-25-18)11-19-17(23)12-22-9-7-15(8-10-22)14-5-3-2-4-6-14/h2-6,15H,7-13H2,1H3,(H,19,23). The van der Waals surface area contributed by atoms with E-state index in [0.29, 0.717) is 24.2 Å². The van der Waals surface area contributed by atoms with Crippen LogP contribution >= 0.6 is 0 Å². The van der Waals surface area contributed by atoms with Gasteiger partial charge in [0.05, 0.1) is 13.1 Å². The van der Waals surface area contributed by atoms with Gasteiger partial charge in [0.2, 0.25) is 5.91 Å². The molecular weight excluding hydrogens is 320 g/mol. The quantitative estimate of drug-likeness (QED) is 0.824. The van der Waals surface area contributed by atoms with Gasteiger partial charge in [-0.2, -0.15) is 4.98 Å². The summed E-state index contributed by atoms with van der Waals surface area (Å²) >= 11 is 0. The van der Waals surface area contributed by atoms with Crippen LogP contribution in [0.5, 0.6) is 0 Å². The first kappa shape index (κ1) is 17.6. The van der Waals surface area contributed by atoms with Crippen LogP contribution in [0.3, 0.4) is 0 Å². The second-order valence-electron chi connectivity index (χ2n) is 6.28. The molecule has 0 radical (unpaired) electrons. The van der Waals surface area contributed by atoms with Gasteiger partial charge in [-0.1, -0.05) is 35.5 Å². The van der Waals surface area contributed by atoms with Gasteiger partial charge >= 0.3 is 0 Å². The number of aromatic nitrogens is 2. The molecule has 0 saturated carbocycles. The molecule has 1 fully saturated rings. The largest absolute Gasteiger partial charge is 0.375 e. The summed E-state index contributed by atoms with van der Waals surface area (Å²) in [4.78, 5) is 18.4. The fraction of sp³-hybridized carbons (Fsp3) is 0.500. The van der Waals surface area contributed by atoms with Crippen molar-refractivity contribution in [3.8, 4) is 0 Å². The van der Waals surface area contributed by atoms with Crippen LogP contribution in [0, 0.1) is 0 Å². The van der Waals surface area contributed by atoms with E-state index in [4.69, 9.17) is 9.26 Å². The molecule has 1 saturated heterocycles. The molecule has 1 amide bonds. The maximum atomic E-state index is 12.1. The molecule has 1 N–H and O–H groups in total. The zero-order valence-electron chi connectivity index (χ0n) is 14.5. The molecule has 7 heteroatoms. The van der Waals surface area contributed by atoms with E-state index in [1.165, 1.54) is 5.56 Å². The Morgan fingerprint density at radius 2 is 2.08 bits per heavy atom. The number of methoxy groups -OCH3 is 1. The Hall–Kier alpha value is -2.25. The lowest BCUT2D eigenvalue weighted by atomic mass is 9.89. The molecule has 25 heavy (non-hydrogen) atoms. The molecule has 1 aromatic carbocycles. The van der Waals surface area contributed by atoms with Crippen LogP contribution in [0.15, 0.2) is 34.9 Å². The van der Waals surface area contributed by atoms with Crippen LogP contribution in [0.4, 0.5) is 0 Å². The molecule has 2 aromatic rings. The van der Waals surface area contributed by atoms with E-state index in [2.05, 4.69) is 44.6 Å².